The Hall–Kier alpha value is -2.04. The van der Waals surface area contributed by atoms with Crippen LogP contribution < -0.4 is 14.8 Å². The normalized spacial score (nSPS) is 16.3. The average Bonchev–Trinajstić information content (AvgIpc) is 2.82. The first-order valence-corrected chi connectivity index (χ1v) is 7.78. The monoisotopic (exact) mass is 347 g/mol. The van der Waals surface area contributed by atoms with E-state index in [4.69, 9.17) is 9.47 Å². The number of hydrogen-bond acceptors (Lipinski definition) is 4. The molecular formula is C19H22ClNO3. The number of carbonyl (C=O) groups is 1. The Morgan fingerprint density at radius 2 is 1.92 bits per heavy atom. The molecule has 3 rings (SSSR count). The minimum atomic E-state index is 0. The van der Waals surface area contributed by atoms with Gasteiger partial charge in [-0.05, 0) is 35.7 Å². The minimum absolute atomic E-state index is 0. The molecule has 0 bridgehead atoms. The fraction of sp³-hybridized carbons (Fsp3) is 0.316. The summed E-state index contributed by atoms with van der Waals surface area (Å²) in [5.74, 6) is 1.32. The van der Waals surface area contributed by atoms with Crippen LogP contribution >= 0.6 is 12.4 Å². The molecule has 1 heterocycles. The van der Waals surface area contributed by atoms with Crippen molar-refractivity contribution in [2.75, 3.05) is 27.3 Å². The minimum Gasteiger partial charge on any atom is -0.493 e. The smallest absolute Gasteiger partial charge is 0.171 e. The molecule has 1 unspecified atom stereocenters. The van der Waals surface area contributed by atoms with Gasteiger partial charge < -0.3 is 14.8 Å². The van der Waals surface area contributed by atoms with Crippen molar-refractivity contribution in [1.82, 2.24) is 5.32 Å². The second-order valence-corrected chi connectivity index (χ2v) is 5.63. The van der Waals surface area contributed by atoms with E-state index in [1.165, 1.54) is 5.56 Å². The van der Waals surface area contributed by atoms with Crippen LogP contribution in [0.5, 0.6) is 11.5 Å². The molecular weight excluding hydrogens is 326 g/mol. The molecule has 128 valence electrons. The summed E-state index contributed by atoms with van der Waals surface area (Å²) in [4.78, 5) is 11.7. The number of fused-ring (bicyclic) bond motifs is 1. The lowest BCUT2D eigenvalue weighted by Gasteiger charge is -2.22. The molecule has 0 spiro atoms. The molecule has 0 aromatic heterocycles. The van der Waals surface area contributed by atoms with Crippen LogP contribution in [-0.4, -0.2) is 33.6 Å². The molecule has 0 radical (unpaired) electrons. The van der Waals surface area contributed by atoms with E-state index in [9.17, 15) is 4.79 Å². The van der Waals surface area contributed by atoms with Crippen molar-refractivity contribution in [2.45, 2.75) is 12.3 Å². The first-order chi connectivity index (χ1) is 11.3. The molecule has 1 aliphatic rings. The summed E-state index contributed by atoms with van der Waals surface area (Å²) >= 11 is 0. The van der Waals surface area contributed by atoms with E-state index in [2.05, 4.69) is 17.4 Å². The van der Waals surface area contributed by atoms with Crippen LogP contribution in [0.25, 0.3) is 0 Å². The van der Waals surface area contributed by atoms with Gasteiger partial charge in [-0.1, -0.05) is 30.3 Å². The summed E-state index contributed by atoms with van der Waals surface area (Å²) in [6, 6.07) is 12.4. The first-order valence-electron chi connectivity index (χ1n) is 7.78. The number of nitrogens with one attached hydrogen (secondary N) is 1. The number of ether oxygens (including phenoxy) is 2. The summed E-state index contributed by atoms with van der Waals surface area (Å²) in [6.07, 6.45) is 1.68. The zero-order valence-corrected chi connectivity index (χ0v) is 14.7. The summed E-state index contributed by atoms with van der Waals surface area (Å²) in [5, 5.41) is 3.47. The summed E-state index contributed by atoms with van der Waals surface area (Å²) in [7, 11) is 3.17. The number of aldehydes is 1. The van der Waals surface area contributed by atoms with Crippen LogP contribution in [0.15, 0.2) is 36.4 Å². The zero-order valence-electron chi connectivity index (χ0n) is 13.9. The Labute approximate surface area is 148 Å². The lowest BCUT2D eigenvalue weighted by Crippen LogP contribution is -2.20. The SMILES string of the molecule is COc1cc2c(c(C=O)c1OC)CCNCC2c1ccccc1.Cl. The molecule has 0 fully saturated rings. The summed E-state index contributed by atoms with van der Waals surface area (Å²) < 4.78 is 10.9. The predicted octanol–water partition coefficient (Wildman–Crippen LogP) is 3.22. The van der Waals surface area contributed by atoms with E-state index in [1.807, 2.05) is 24.3 Å². The van der Waals surface area contributed by atoms with E-state index >= 15 is 0 Å². The highest BCUT2D eigenvalue weighted by Crippen LogP contribution is 2.40. The summed E-state index contributed by atoms with van der Waals surface area (Å²) in [5.41, 5.74) is 4.02. The second kappa shape index (κ2) is 8.18. The molecule has 1 aliphatic heterocycles. The van der Waals surface area contributed by atoms with Gasteiger partial charge in [-0.25, -0.2) is 0 Å². The number of hydrogen-bond donors (Lipinski definition) is 1. The van der Waals surface area contributed by atoms with Gasteiger partial charge in [0.1, 0.15) is 0 Å². The van der Waals surface area contributed by atoms with E-state index < -0.39 is 0 Å². The zero-order chi connectivity index (χ0) is 16.2. The van der Waals surface area contributed by atoms with Crippen molar-refractivity contribution in [3.63, 3.8) is 0 Å². The number of halogens is 1. The van der Waals surface area contributed by atoms with Crippen molar-refractivity contribution < 1.29 is 14.3 Å². The third-order valence-electron chi connectivity index (χ3n) is 4.45. The Kier molecular flexibility index (Phi) is 6.23. The molecule has 0 aliphatic carbocycles. The van der Waals surface area contributed by atoms with Crippen molar-refractivity contribution in [2.24, 2.45) is 0 Å². The lowest BCUT2D eigenvalue weighted by atomic mass is 9.85. The standard InChI is InChI=1S/C19H21NO3.ClH/c1-22-18-10-15-14(17(12-21)19(18)23-2)8-9-20-11-16(15)13-6-4-3-5-7-13;/h3-7,10,12,16,20H,8-9,11H2,1-2H3;1H. The van der Waals surface area contributed by atoms with Gasteiger partial charge in [-0.2, -0.15) is 0 Å². The van der Waals surface area contributed by atoms with Crippen LogP contribution in [0.1, 0.15) is 33.0 Å². The van der Waals surface area contributed by atoms with Crippen molar-refractivity contribution in [1.29, 1.82) is 0 Å². The van der Waals surface area contributed by atoms with Crippen LogP contribution in [0.2, 0.25) is 0 Å². The van der Waals surface area contributed by atoms with Gasteiger partial charge in [0.15, 0.2) is 17.8 Å². The fourth-order valence-corrected chi connectivity index (χ4v) is 3.35. The number of carbonyl (C=O) groups excluding carboxylic acids is 1. The molecule has 0 saturated heterocycles. The van der Waals surface area contributed by atoms with E-state index in [0.717, 1.165) is 36.9 Å². The Morgan fingerprint density at radius 1 is 1.17 bits per heavy atom. The van der Waals surface area contributed by atoms with Gasteiger partial charge >= 0.3 is 0 Å². The Balaban J connectivity index is 0.00000208. The van der Waals surface area contributed by atoms with Gasteiger partial charge in [0.25, 0.3) is 0 Å². The van der Waals surface area contributed by atoms with Crippen molar-refractivity contribution in [3.8, 4) is 11.5 Å². The van der Waals surface area contributed by atoms with E-state index in [1.54, 1.807) is 14.2 Å². The topological polar surface area (TPSA) is 47.6 Å². The molecule has 4 nitrogen and oxygen atoms in total. The largest absolute Gasteiger partial charge is 0.493 e. The van der Waals surface area contributed by atoms with Crippen molar-refractivity contribution >= 4 is 18.7 Å². The maximum Gasteiger partial charge on any atom is 0.171 e. The van der Waals surface area contributed by atoms with Crippen LogP contribution in [0, 0.1) is 0 Å². The highest BCUT2D eigenvalue weighted by molar-refractivity contribution is 5.85. The van der Waals surface area contributed by atoms with Crippen LogP contribution in [-0.2, 0) is 6.42 Å². The number of rotatable bonds is 4. The first kappa shape index (κ1) is 18.3. The Morgan fingerprint density at radius 3 is 2.54 bits per heavy atom. The molecule has 24 heavy (non-hydrogen) atoms. The van der Waals surface area contributed by atoms with Crippen LogP contribution in [0.4, 0.5) is 0 Å². The quantitative estimate of drug-likeness (QED) is 0.863. The molecule has 2 aromatic carbocycles. The maximum atomic E-state index is 11.7. The van der Waals surface area contributed by atoms with E-state index in [0.29, 0.717) is 17.1 Å². The second-order valence-electron chi connectivity index (χ2n) is 5.63. The van der Waals surface area contributed by atoms with Gasteiger partial charge in [0.05, 0.1) is 19.8 Å². The van der Waals surface area contributed by atoms with Gasteiger partial charge in [0, 0.05) is 12.5 Å². The highest BCUT2D eigenvalue weighted by atomic mass is 35.5. The summed E-state index contributed by atoms with van der Waals surface area (Å²) in [6.45, 7) is 1.68. The number of benzene rings is 2. The lowest BCUT2D eigenvalue weighted by molar-refractivity contribution is 0.111. The molecule has 1 atom stereocenters. The third-order valence-corrected chi connectivity index (χ3v) is 4.45. The molecule has 0 saturated carbocycles. The van der Waals surface area contributed by atoms with Gasteiger partial charge in [-0.15, -0.1) is 12.4 Å². The van der Waals surface area contributed by atoms with Gasteiger partial charge in [-0.3, -0.25) is 4.79 Å². The third kappa shape index (κ3) is 3.25. The molecule has 5 heteroatoms. The van der Waals surface area contributed by atoms with Crippen LogP contribution in [0.3, 0.4) is 0 Å². The Bertz CT molecular complexity index is 704. The van der Waals surface area contributed by atoms with Crippen molar-refractivity contribution in [3.05, 3.63) is 58.7 Å². The van der Waals surface area contributed by atoms with E-state index in [-0.39, 0.29) is 18.3 Å². The van der Waals surface area contributed by atoms with Gasteiger partial charge in [0.2, 0.25) is 0 Å². The fourth-order valence-electron chi connectivity index (χ4n) is 3.35. The molecule has 1 N–H and O–H groups in total. The molecule has 0 amide bonds. The predicted molar refractivity (Wildman–Crippen MR) is 97.0 cm³/mol. The highest BCUT2D eigenvalue weighted by Gasteiger charge is 2.26. The average molecular weight is 348 g/mol. The maximum absolute atomic E-state index is 11.7. The molecule has 2 aromatic rings. The number of methoxy groups -OCH3 is 2.